The molecule has 2 aromatic carbocycles. The fourth-order valence-electron chi connectivity index (χ4n) is 6.57. The van der Waals surface area contributed by atoms with E-state index in [0.29, 0.717) is 15.6 Å². The van der Waals surface area contributed by atoms with E-state index in [1.54, 1.807) is 0 Å². The van der Waals surface area contributed by atoms with Gasteiger partial charge >= 0.3 is 0 Å². The van der Waals surface area contributed by atoms with E-state index in [-0.39, 0.29) is 35.6 Å². The van der Waals surface area contributed by atoms with E-state index in [9.17, 15) is 9.59 Å². The standard InChI is InChI=1S/C27H30Cl2N2O2/c1-16-24-23(17-5-8-19(28)9-6-17)21(11-12-27(24,2)26(33)30-16)20-10-7-18(15-22(20)29)25(32)31-13-3-4-14-31/h5-10,15-16,21,23-24H,3-4,11-14H2,1-2H3,(H,30,33)/t16-,21+,23+,24+,27-/m1/s1. The Morgan fingerprint density at radius 1 is 1.09 bits per heavy atom. The molecule has 0 radical (unpaired) electrons. The van der Waals surface area contributed by atoms with Crippen molar-refractivity contribution >= 4 is 35.0 Å². The summed E-state index contributed by atoms with van der Waals surface area (Å²) in [7, 11) is 0. The number of hydrogen-bond donors (Lipinski definition) is 1. The zero-order valence-electron chi connectivity index (χ0n) is 19.1. The molecule has 174 valence electrons. The van der Waals surface area contributed by atoms with Gasteiger partial charge in [-0.25, -0.2) is 0 Å². The third kappa shape index (κ3) is 3.85. The monoisotopic (exact) mass is 484 g/mol. The molecule has 2 aliphatic heterocycles. The van der Waals surface area contributed by atoms with Crippen LogP contribution in [0.3, 0.4) is 0 Å². The van der Waals surface area contributed by atoms with Gasteiger partial charge in [0.1, 0.15) is 0 Å². The van der Waals surface area contributed by atoms with Crippen molar-refractivity contribution in [3.8, 4) is 0 Å². The Balaban J connectivity index is 1.54. The number of carbonyl (C=O) groups is 2. The summed E-state index contributed by atoms with van der Waals surface area (Å²) >= 11 is 13.1. The van der Waals surface area contributed by atoms with Crippen LogP contribution in [-0.2, 0) is 4.79 Å². The van der Waals surface area contributed by atoms with Gasteiger partial charge in [-0.05, 0) is 79.8 Å². The first-order valence-corrected chi connectivity index (χ1v) is 12.7. The van der Waals surface area contributed by atoms with Crippen LogP contribution in [0.5, 0.6) is 0 Å². The van der Waals surface area contributed by atoms with Gasteiger partial charge in [0.2, 0.25) is 5.91 Å². The average Bonchev–Trinajstić information content (AvgIpc) is 3.41. The van der Waals surface area contributed by atoms with Crippen LogP contribution < -0.4 is 5.32 Å². The van der Waals surface area contributed by atoms with Crippen LogP contribution in [0.1, 0.15) is 72.9 Å². The van der Waals surface area contributed by atoms with Crippen LogP contribution in [0.4, 0.5) is 0 Å². The minimum atomic E-state index is -0.404. The maximum absolute atomic E-state index is 12.9. The quantitative estimate of drug-likeness (QED) is 0.577. The first-order chi connectivity index (χ1) is 15.8. The smallest absolute Gasteiger partial charge is 0.253 e. The molecular weight excluding hydrogens is 455 g/mol. The summed E-state index contributed by atoms with van der Waals surface area (Å²) in [5.41, 5.74) is 2.49. The molecule has 2 saturated heterocycles. The minimum absolute atomic E-state index is 0.0608. The van der Waals surface area contributed by atoms with Crippen LogP contribution in [-0.4, -0.2) is 35.8 Å². The molecule has 0 spiro atoms. The molecule has 0 aromatic heterocycles. The van der Waals surface area contributed by atoms with Crippen molar-refractivity contribution in [3.05, 3.63) is 69.2 Å². The lowest BCUT2D eigenvalue weighted by molar-refractivity contribution is -0.129. The summed E-state index contributed by atoms with van der Waals surface area (Å²) in [6.45, 7) is 5.85. The molecule has 4 nitrogen and oxygen atoms in total. The summed E-state index contributed by atoms with van der Waals surface area (Å²) in [5, 5.41) is 4.54. The zero-order valence-corrected chi connectivity index (χ0v) is 20.6. The third-order valence-corrected chi connectivity index (χ3v) is 8.82. The summed E-state index contributed by atoms with van der Waals surface area (Å²) in [6, 6.07) is 13.9. The molecule has 33 heavy (non-hydrogen) atoms. The second-order valence-electron chi connectivity index (χ2n) is 10.2. The summed E-state index contributed by atoms with van der Waals surface area (Å²) in [4.78, 5) is 27.7. The molecule has 6 heteroatoms. The number of benzene rings is 2. The van der Waals surface area contributed by atoms with Gasteiger partial charge in [-0.3, -0.25) is 9.59 Å². The van der Waals surface area contributed by atoms with E-state index in [1.807, 2.05) is 35.2 Å². The number of hydrogen-bond acceptors (Lipinski definition) is 2. The normalized spacial score (nSPS) is 31.4. The molecule has 5 atom stereocenters. The lowest BCUT2D eigenvalue weighted by atomic mass is 9.56. The van der Waals surface area contributed by atoms with E-state index >= 15 is 0 Å². The van der Waals surface area contributed by atoms with Crippen molar-refractivity contribution in [2.24, 2.45) is 11.3 Å². The van der Waals surface area contributed by atoms with Crippen LogP contribution in [0.2, 0.25) is 10.0 Å². The number of fused-ring (bicyclic) bond motifs is 1. The van der Waals surface area contributed by atoms with Gasteiger partial charge < -0.3 is 10.2 Å². The fraction of sp³-hybridized carbons (Fsp3) is 0.481. The molecule has 5 rings (SSSR count). The van der Waals surface area contributed by atoms with Crippen molar-refractivity contribution in [1.29, 1.82) is 0 Å². The van der Waals surface area contributed by atoms with Gasteiger partial charge in [-0.2, -0.15) is 0 Å². The van der Waals surface area contributed by atoms with E-state index in [2.05, 4.69) is 31.3 Å². The van der Waals surface area contributed by atoms with Crippen LogP contribution in [0.25, 0.3) is 0 Å². The Bertz CT molecular complexity index is 1080. The molecule has 0 bridgehead atoms. The van der Waals surface area contributed by atoms with Gasteiger partial charge in [0.25, 0.3) is 5.91 Å². The van der Waals surface area contributed by atoms with Gasteiger partial charge in [-0.1, -0.05) is 48.3 Å². The zero-order chi connectivity index (χ0) is 23.3. The Morgan fingerprint density at radius 2 is 1.79 bits per heavy atom. The molecular formula is C27H30Cl2N2O2. The SMILES string of the molecule is C[C@H]1NC(=O)[C@]2(C)CC[C@@H](c3ccc(C(=O)N4CCCC4)cc3Cl)[C@H](c3ccc(Cl)cc3)[C@H]12. The summed E-state index contributed by atoms with van der Waals surface area (Å²) in [5.74, 6) is 0.628. The maximum Gasteiger partial charge on any atom is 0.253 e. The first-order valence-electron chi connectivity index (χ1n) is 11.9. The molecule has 3 aliphatic rings. The van der Waals surface area contributed by atoms with Gasteiger partial charge in [0.15, 0.2) is 0 Å². The fourth-order valence-corrected chi connectivity index (χ4v) is 7.02. The van der Waals surface area contributed by atoms with Crippen molar-refractivity contribution in [2.45, 2.75) is 57.4 Å². The van der Waals surface area contributed by atoms with Crippen molar-refractivity contribution < 1.29 is 9.59 Å². The van der Waals surface area contributed by atoms with Gasteiger partial charge in [0.05, 0.1) is 5.41 Å². The Hall–Kier alpha value is -2.04. The lowest BCUT2D eigenvalue weighted by Gasteiger charge is -2.46. The highest BCUT2D eigenvalue weighted by molar-refractivity contribution is 6.32. The number of amides is 2. The number of nitrogens with zero attached hydrogens (tertiary/aromatic N) is 1. The average molecular weight is 485 g/mol. The molecule has 1 aliphatic carbocycles. The van der Waals surface area contributed by atoms with E-state index in [0.717, 1.165) is 44.3 Å². The lowest BCUT2D eigenvalue weighted by Crippen LogP contribution is -2.42. The summed E-state index contributed by atoms with van der Waals surface area (Å²) < 4.78 is 0. The largest absolute Gasteiger partial charge is 0.353 e. The number of nitrogens with one attached hydrogen (secondary N) is 1. The van der Waals surface area contributed by atoms with Crippen LogP contribution >= 0.6 is 23.2 Å². The topological polar surface area (TPSA) is 49.4 Å². The molecule has 2 heterocycles. The third-order valence-electron chi connectivity index (χ3n) is 8.24. The molecule has 0 unspecified atom stereocenters. The molecule has 3 fully saturated rings. The molecule has 1 N–H and O–H groups in total. The van der Waals surface area contributed by atoms with Crippen molar-refractivity contribution in [1.82, 2.24) is 10.2 Å². The number of halogens is 2. The Kier molecular flexibility index (Phi) is 5.95. The predicted molar refractivity (Wildman–Crippen MR) is 132 cm³/mol. The van der Waals surface area contributed by atoms with Crippen LogP contribution in [0, 0.1) is 11.3 Å². The first kappa shape index (κ1) is 22.7. The second kappa shape index (κ2) is 8.63. The number of carbonyl (C=O) groups excluding carboxylic acids is 2. The number of rotatable bonds is 3. The minimum Gasteiger partial charge on any atom is -0.353 e. The van der Waals surface area contributed by atoms with Gasteiger partial charge in [0, 0.05) is 40.7 Å². The molecule has 2 aromatic rings. The second-order valence-corrected chi connectivity index (χ2v) is 11.0. The highest BCUT2D eigenvalue weighted by Crippen LogP contribution is 2.59. The number of likely N-dealkylation sites (tertiary alicyclic amines) is 1. The summed E-state index contributed by atoms with van der Waals surface area (Å²) in [6.07, 6.45) is 3.80. The van der Waals surface area contributed by atoms with Gasteiger partial charge in [-0.15, -0.1) is 0 Å². The Morgan fingerprint density at radius 3 is 2.45 bits per heavy atom. The highest BCUT2D eigenvalue weighted by atomic mass is 35.5. The van der Waals surface area contributed by atoms with Crippen molar-refractivity contribution in [3.63, 3.8) is 0 Å². The maximum atomic E-state index is 12.9. The highest BCUT2D eigenvalue weighted by Gasteiger charge is 2.57. The van der Waals surface area contributed by atoms with E-state index in [1.165, 1.54) is 5.56 Å². The predicted octanol–water partition coefficient (Wildman–Crippen LogP) is 6.03. The Labute approximate surface area is 205 Å². The van der Waals surface area contributed by atoms with Crippen molar-refractivity contribution in [2.75, 3.05) is 13.1 Å². The molecule has 2 amide bonds. The van der Waals surface area contributed by atoms with Crippen LogP contribution in [0.15, 0.2) is 42.5 Å². The van der Waals surface area contributed by atoms with E-state index in [4.69, 9.17) is 23.2 Å². The van der Waals surface area contributed by atoms with E-state index < -0.39 is 5.41 Å². The molecule has 1 saturated carbocycles.